The molecule has 0 fully saturated rings. The van der Waals surface area contributed by atoms with Crippen LogP contribution in [0.25, 0.3) is 0 Å². The van der Waals surface area contributed by atoms with E-state index in [2.05, 4.69) is 0 Å². The van der Waals surface area contributed by atoms with Crippen LogP contribution in [-0.4, -0.2) is 93.5 Å². The van der Waals surface area contributed by atoms with E-state index < -0.39 is 49.8 Å². The lowest BCUT2D eigenvalue weighted by Crippen LogP contribution is -2.48. The van der Waals surface area contributed by atoms with Crippen molar-refractivity contribution in [3.8, 4) is 0 Å². The fraction of sp³-hybridized carbons (Fsp3) is 0.600. The van der Waals surface area contributed by atoms with Gasteiger partial charge in [-0.1, -0.05) is 0 Å². The van der Waals surface area contributed by atoms with Crippen molar-refractivity contribution in [1.29, 1.82) is 0 Å². The molecule has 14 heteroatoms. The number of hydrogen-bond donors (Lipinski definition) is 8. The van der Waals surface area contributed by atoms with E-state index in [1.54, 1.807) is 0 Å². The molecule has 0 aromatic carbocycles. The molecule has 0 radical (unpaired) electrons. The molecule has 0 unspecified atom stereocenters. The minimum Gasteiger partial charge on any atom is -0.289 e. The van der Waals surface area contributed by atoms with E-state index in [9.17, 15) is 19.2 Å². The number of nitrogens with zero attached hydrogens (tertiary/aromatic N) is 2. The lowest BCUT2D eigenvalue weighted by Gasteiger charge is -2.25. The number of amides is 4. The Kier molecular flexibility index (Phi) is 10.9. The second-order valence-electron chi connectivity index (χ2n) is 4.56. The summed E-state index contributed by atoms with van der Waals surface area (Å²) in [6.07, 6.45) is 0. The molecule has 0 aliphatic heterocycles. The Morgan fingerprint density at radius 1 is 0.542 bits per heavy atom. The van der Waals surface area contributed by atoms with Gasteiger partial charge in [-0.15, -0.1) is 0 Å². The molecule has 8 N–H and O–H groups in total. The maximum atomic E-state index is 11.2. The van der Waals surface area contributed by atoms with Gasteiger partial charge in [0.1, 0.15) is 0 Å². The van der Waals surface area contributed by atoms with Gasteiger partial charge in [0.05, 0.1) is 26.2 Å². The maximum absolute atomic E-state index is 11.2. The monoisotopic (exact) mass is 352 g/mol. The number of nitrogens with one attached hydrogen (secondary N) is 4. The van der Waals surface area contributed by atoms with Gasteiger partial charge in [0.25, 0.3) is 23.6 Å². The van der Waals surface area contributed by atoms with Crippen LogP contribution in [0.2, 0.25) is 0 Å². The molecule has 0 saturated heterocycles. The zero-order valence-electron chi connectivity index (χ0n) is 12.6. The largest absolute Gasteiger partial charge is 0.289 e. The van der Waals surface area contributed by atoms with Crippen LogP contribution in [0.4, 0.5) is 0 Å². The van der Waals surface area contributed by atoms with Crippen LogP contribution in [0.5, 0.6) is 0 Å². The SMILES string of the molecule is O=C(CN(CCN(CC(=O)NO)CC(=O)NO)CC(=O)NO)NO. The highest BCUT2D eigenvalue weighted by atomic mass is 16.5. The number of carbonyl (C=O) groups excluding carboxylic acids is 4. The second kappa shape index (κ2) is 12.1. The Morgan fingerprint density at radius 3 is 0.917 bits per heavy atom. The fourth-order valence-electron chi connectivity index (χ4n) is 1.66. The predicted molar refractivity (Wildman–Crippen MR) is 72.6 cm³/mol. The third-order valence-electron chi connectivity index (χ3n) is 2.70. The first-order chi connectivity index (χ1) is 11.4. The Bertz CT molecular complexity index is 371. The molecule has 0 saturated carbocycles. The van der Waals surface area contributed by atoms with Gasteiger partial charge in [0.15, 0.2) is 0 Å². The van der Waals surface area contributed by atoms with Crippen molar-refractivity contribution in [2.45, 2.75) is 0 Å². The molecular formula is C10H20N6O8. The lowest BCUT2D eigenvalue weighted by atomic mass is 10.3. The van der Waals surface area contributed by atoms with Crippen molar-refractivity contribution in [3.63, 3.8) is 0 Å². The summed E-state index contributed by atoms with van der Waals surface area (Å²) in [5.74, 6) is -3.30. The Hall–Kier alpha value is -2.36. The van der Waals surface area contributed by atoms with E-state index in [0.717, 1.165) is 0 Å². The van der Waals surface area contributed by atoms with Gasteiger partial charge in [-0.05, 0) is 0 Å². The smallest absolute Gasteiger partial charge is 0.257 e. The van der Waals surface area contributed by atoms with Gasteiger partial charge in [-0.2, -0.15) is 0 Å². The molecule has 0 aromatic rings. The minimum absolute atomic E-state index is 0.0295. The molecule has 138 valence electrons. The van der Waals surface area contributed by atoms with Crippen LogP contribution >= 0.6 is 0 Å². The standard InChI is InChI=1S/C10H20N6O8/c17-7(11-21)3-15(4-8(18)12-22)1-2-16(5-9(19)13-23)6-10(20)14-24/h21-24H,1-6H2,(H,11,17)(H,12,18)(H,13,19)(H,14,20). The summed E-state index contributed by atoms with van der Waals surface area (Å²) in [7, 11) is 0. The van der Waals surface area contributed by atoms with Gasteiger partial charge < -0.3 is 0 Å². The minimum atomic E-state index is -0.825. The topological polar surface area (TPSA) is 204 Å². The fourth-order valence-corrected chi connectivity index (χ4v) is 1.66. The molecule has 14 nitrogen and oxygen atoms in total. The van der Waals surface area contributed by atoms with Crippen molar-refractivity contribution < 1.29 is 40.0 Å². The Balaban J connectivity index is 4.78. The molecule has 0 bridgehead atoms. The summed E-state index contributed by atoms with van der Waals surface area (Å²) in [5, 5.41) is 34.0. The van der Waals surface area contributed by atoms with Crippen molar-refractivity contribution >= 4 is 23.6 Å². The third-order valence-corrected chi connectivity index (χ3v) is 2.70. The summed E-state index contributed by atoms with van der Waals surface area (Å²) < 4.78 is 0. The molecule has 0 atom stereocenters. The average molecular weight is 352 g/mol. The van der Waals surface area contributed by atoms with E-state index >= 15 is 0 Å². The summed E-state index contributed by atoms with van der Waals surface area (Å²) in [4.78, 5) is 47.1. The first-order valence-electron chi connectivity index (χ1n) is 6.52. The first-order valence-corrected chi connectivity index (χ1v) is 6.52. The zero-order chi connectivity index (χ0) is 18.5. The first kappa shape index (κ1) is 21.6. The molecule has 0 rings (SSSR count). The van der Waals surface area contributed by atoms with E-state index in [0.29, 0.717) is 0 Å². The third kappa shape index (κ3) is 9.62. The summed E-state index contributed by atoms with van der Waals surface area (Å²) in [5.41, 5.74) is 5.50. The van der Waals surface area contributed by atoms with Crippen LogP contribution in [0.1, 0.15) is 0 Å². The van der Waals surface area contributed by atoms with Gasteiger partial charge in [0.2, 0.25) is 0 Å². The van der Waals surface area contributed by atoms with Crippen molar-refractivity contribution in [2.24, 2.45) is 0 Å². The normalized spacial score (nSPS) is 10.4. The molecule has 24 heavy (non-hydrogen) atoms. The zero-order valence-corrected chi connectivity index (χ0v) is 12.6. The molecule has 0 aromatic heterocycles. The maximum Gasteiger partial charge on any atom is 0.257 e. The molecule has 0 aliphatic carbocycles. The van der Waals surface area contributed by atoms with Crippen molar-refractivity contribution in [1.82, 2.24) is 31.7 Å². The molecular weight excluding hydrogens is 332 g/mol. The Labute approximate surface area is 135 Å². The summed E-state index contributed by atoms with van der Waals surface area (Å²) >= 11 is 0. The second-order valence-corrected chi connectivity index (χ2v) is 4.56. The van der Waals surface area contributed by atoms with Gasteiger partial charge >= 0.3 is 0 Å². The number of carbonyl (C=O) groups is 4. The quantitative estimate of drug-likeness (QED) is 0.132. The van der Waals surface area contributed by atoms with Crippen LogP contribution < -0.4 is 21.9 Å². The molecule has 0 aliphatic rings. The van der Waals surface area contributed by atoms with Gasteiger partial charge in [0, 0.05) is 13.1 Å². The van der Waals surface area contributed by atoms with Crippen LogP contribution in [0.3, 0.4) is 0 Å². The van der Waals surface area contributed by atoms with Crippen molar-refractivity contribution in [3.05, 3.63) is 0 Å². The molecule has 4 amide bonds. The highest BCUT2D eigenvalue weighted by Gasteiger charge is 2.18. The highest BCUT2D eigenvalue weighted by molar-refractivity contribution is 5.80. The predicted octanol–water partition coefficient (Wildman–Crippen LogP) is -4.39. The molecule has 0 heterocycles. The van der Waals surface area contributed by atoms with E-state index in [1.165, 1.54) is 31.7 Å². The van der Waals surface area contributed by atoms with E-state index in [1.807, 2.05) is 0 Å². The van der Waals surface area contributed by atoms with Crippen LogP contribution in [0.15, 0.2) is 0 Å². The van der Waals surface area contributed by atoms with Crippen LogP contribution in [-0.2, 0) is 19.2 Å². The van der Waals surface area contributed by atoms with E-state index in [-0.39, 0.29) is 13.1 Å². The van der Waals surface area contributed by atoms with Crippen LogP contribution in [0, 0.1) is 0 Å². The highest BCUT2D eigenvalue weighted by Crippen LogP contribution is 1.94. The van der Waals surface area contributed by atoms with E-state index in [4.69, 9.17) is 20.8 Å². The molecule has 0 spiro atoms. The average Bonchev–Trinajstić information content (AvgIpc) is 2.58. The van der Waals surface area contributed by atoms with Gasteiger partial charge in [-0.3, -0.25) is 49.8 Å². The summed E-state index contributed by atoms with van der Waals surface area (Å²) in [6, 6.07) is 0. The number of hydroxylamine groups is 4. The Morgan fingerprint density at radius 2 is 0.750 bits per heavy atom. The lowest BCUT2D eigenvalue weighted by molar-refractivity contribution is -0.136. The summed E-state index contributed by atoms with van der Waals surface area (Å²) in [6.45, 7) is -1.69. The van der Waals surface area contributed by atoms with Gasteiger partial charge in [-0.25, -0.2) is 21.9 Å². The number of hydrogen-bond acceptors (Lipinski definition) is 10. The number of rotatable bonds is 11. The van der Waals surface area contributed by atoms with Crippen molar-refractivity contribution in [2.75, 3.05) is 39.3 Å².